The van der Waals surface area contributed by atoms with Crippen LogP contribution >= 0.6 is 11.6 Å². The monoisotopic (exact) mass is 430 g/mol. The van der Waals surface area contributed by atoms with Crippen molar-refractivity contribution in [2.45, 2.75) is 37.3 Å². The molecule has 0 fully saturated rings. The molecule has 0 aromatic heterocycles. The van der Waals surface area contributed by atoms with Crippen molar-refractivity contribution in [3.63, 3.8) is 0 Å². The van der Waals surface area contributed by atoms with Crippen LogP contribution in [0.2, 0.25) is 5.02 Å². The number of aliphatic hydroxyl groups is 1. The Morgan fingerprint density at radius 2 is 1.96 bits per heavy atom. The molecule has 0 radical (unpaired) electrons. The molecule has 28 heavy (non-hydrogen) atoms. The van der Waals surface area contributed by atoms with E-state index < -0.39 is 27.5 Å². The summed E-state index contributed by atoms with van der Waals surface area (Å²) in [4.78, 5) is -0.298. The number of aliphatic hydroxyl groups excluding tert-OH is 1. The molecule has 154 valence electrons. The average molecular weight is 431 g/mol. The maximum atomic E-state index is 14.4. The summed E-state index contributed by atoms with van der Waals surface area (Å²) in [5.74, 6) is -0.231. The summed E-state index contributed by atoms with van der Waals surface area (Å²) in [6.45, 7) is 5.45. The molecule has 0 saturated heterocycles. The highest BCUT2D eigenvalue weighted by Gasteiger charge is 2.26. The number of ether oxygens (including phenoxy) is 1. The van der Waals surface area contributed by atoms with E-state index in [-0.39, 0.29) is 23.6 Å². The highest BCUT2D eigenvalue weighted by Crippen LogP contribution is 2.26. The summed E-state index contributed by atoms with van der Waals surface area (Å²) in [5.41, 5.74) is 0.351. The number of hydrogen-bond acceptors (Lipinski definition) is 5. The van der Waals surface area contributed by atoms with Gasteiger partial charge in [0.1, 0.15) is 24.3 Å². The normalized spacial score (nSPS) is 13.4. The number of aryl methyl sites for hydroxylation is 1. The molecule has 6 nitrogen and oxygen atoms in total. The number of hydrogen-bond donors (Lipinski definition) is 3. The molecular weight excluding hydrogens is 407 g/mol. The van der Waals surface area contributed by atoms with Crippen LogP contribution in [0.25, 0.3) is 0 Å². The van der Waals surface area contributed by atoms with Gasteiger partial charge in [-0.05, 0) is 50.6 Å². The summed E-state index contributed by atoms with van der Waals surface area (Å²) in [6.07, 6.45) is -0.873. The first-order valence-corrected chi connectivity index (χ1v) is 10.5. The Bertz CT molecular complexity index is 951. The topological polar surface area (TPSA) is 102 Å². The number of halogens is 2. The molecule has 9 heteroatoms. The number of primary sulfonamides is 1. The third kappa shape index (κ3) is 5.89. The van der Waals surface area contributed by atoms with Crippen molar-refractivity contribution < 1.29 is 22.7 Å². The summed E-state index contributed by atoms with van der Waals surface area (Å²) in [5, 5.41) is 18.7. The van der Waals surface area contributed by atoms with E-state index in [9.17, 15) is 17.9 Å². The fourth-order valence-electron chi connectivity index (χ4n) is 2.61. The van der Waals surface area contributed by atoms with E-state index in [1.807, 2.05) is 13.0 Å². The summed E-state index contributed by atoms with van der Waals surface area (Å²) < 4.78 is 42.6. The average Bonchev–Trinajstić information content (AvgIpc) is 2.59. The molecule has 0 amide bonds. The van der Waals surface area contributed by atoms with Crippen molar-refractivity contribution in [1.82, 2.24) is 5.32 Å². The number of sulfonamides is 1. The molecule has 0 aliphatic heterocycles. The molecule has 2 aromatic carbocycles. The van der Waals surface area contributed by atoms with Gasteiger partial charge in [-0.25, -0.2) is 17.9 Å². The fourth-order valence-corrected chi connectivity index (χ4v) is 3.31. The van der Waals surface area contributed by atoms with Gasteiger partial charge in [0, 0.05) is 17.6 Å². The Hall–Kier alpha value is -1.71. The highest BCUT2D eigenvalue weighted by molar-refractivity contribution is 7.89. The second-order valence-corrected chi connectivity index (χ2v) is 9.06. The van der Waals surface area contributed by atoms with E-state index in [4.69, 9.17) is 21.5 Å². The molecule has 0 saturated carbocycles. The Kier molecular flexibility index (Phi) is 7.06. The van der Waals surface area contributed by atoms with Crippen LogP contribution in [0.5, 0.6) is 5.75 Å². The standard InChI is InChI=1S/C19H24ClFN2O4S/c1-12-4-7-16(20)18(8-12)27-11-13(24)10-23-19(2,3)15-6-5-14(9-17(15)21)28(22,25)26/h4-9,13,23-24H,10-11H2,1-3H3,(H2,22,25,26)/t13-/m0/s1. The van der Waals surface area contributed by atoms with E-state index in [1.165, 1.54) is 12.1 Å². The molecule has 0 unspecified atom stereocenters. The minimum atomic E-state index is -3.98. The lowest BCUT2D eigenvalue weighted by Gasteiger charge is -2.29. The van der Waals surface area contributed by atoms with Gasteiger partial charge in [-0.3, -0.25) is 0 Å². The Balaban J connectivity index is 1.99. The largest absolute Gasteiger partial charge is 0.489 e. The van der Waals surface area contributed by atoms with Gasteiger partial charge in [0.15, 0.2) is 0 Å². The third-order valence-corrected chi connectivity index (χ3v) is 5.46. The fraction of sp³-hybridized carbons (Fsp3) is 0.368. The maximum absolute atomic E-state index is 14.4. The lowest BCUT2D eigenvalue weighted by molar-refractivity contribution is 0.0985. The van der Waals surface area contributed by atoms with Crippen molar-refractivity contribution in [1.29, 1.82) is 0 Å². The van der Waals surface area contributed by atoms with Gasteiger partial charge in [-0.2, -0.15) is 0 Å². The van der Waals surface area contributed by atoms with Crippen molar-refractivity contribution in [2.24, 2.45) is 5.14 Å². The van der Waals surface area contributed by atoms with Gasteiger partial charge in [0.2, 0.25) is 10.0 Å². The molecular formula is C19H24ClFN2O4S. The predicted octanol–water partition coefficient (Wildman–Crippen LogP) is 2.70. The SMILES string of the molecule is Cc1ccc(Cl)c(OC[C@@H](O)CNC(C)(C)c2ccc(S(N)(=O)=O)cc2F)c1. The first-order valence-electron chi connectivity index (χ1n) is 8.55. The van der Waals surface area contributed by atoms with Gasteiger partial charge in [-0.1, -0.05) is 23.7 Å². The zero-order valence-corrected chi connectivity index (χ0v) is 17.4. The number of rotatable bonds is 8. The Morgan fingerprint density at radius 1 is 1.29 bits per heavy atom. The smallest absolute Gasteiger partial charge is 0.238 e. The predicted molar refractivity (Wildman–Crippen MR) is 106 cm³/mol. The van der Waals surface area contributed by atoms with Crippen LogP contribution in [-0.2, 0) is 15.6 Å². The van der Waals surface area contributed by atoms with Crippen LogP contribution in [0.4, 0.5) is 4.39 Å². The summed E-state index contributed by atoms with van der Waals surface area (Å²) in [6, 6.07) is 8.83. The van der Waals surface area contributed by atoms with Crippen molar-refractivity contribution in [3.8, 4) is 5.75 Å². The Morgan fingerprint density at radius 3 is 2.57 bits per heavy atom. The first kappa shape index (κ1) is 22.6. The molecule has 2 aromatic rings. The van der Waals surface area contributed by atoms with Gasteiger partial charge in [0.25, 0.3) is 0 Å². The lowest BCUT2D eigenvalue weighted by Crippen LogP contribution is -2.43. The van der Waals surface area contributed by atoms with E-state index >= 15 is 0 Å². The van der Waals surface area contributed by atoms with Crippen molar-refractivity contribution >= 4 is 21.6 Å². The molecule has 0 heterocycles. The van der Waals surface area contributed by atoms with E-state index in [0.717, 1.165) is 11.6 Å². The number of nitrogens with one attached hydrogen (secondary N) is 1. The van der Waals surface area contributed by atoms with Gasteiger partial charge in [0.05, 0.1) is 9.92 Å². The van der Waals surface area contributed by atoms with Crippen molar-refractivity contribution in [3.05, 3.63) is 58.4 Å². The quantitative estimate of drug-likeness (QED) is 0.597. The molecule has 0 aliphatic rings. The van der Waals surface area contributed by atoms with Crippen LogP contribution in [0, 0.1) is 12.7 Å². The molecule has 1 atom stereocenters. The Labute approximate surface area is 169 Å². The molecule has 0 aliphatic carbocycles. The maximum Gasteiger partial charge on any atom is 0.238 e. The van der Waals surface area contributed by atoms with Gasteiger partial charge >= 0.3 is 0 Å². The molecule has 2 rings (SSSR count). The zero-order valence-electron chi connectivity index (χ0n) is 15.9. The lowest BCUT2D eigenvalue weighted by atomic mass is 9.93. The molecule has 0 bridgehead atoms. The molecule has 4 N–H and O–H groups in total. The minimum absolute atomic E-state index is 0.000902. The highest BCUT2D eigenvalue weighted by atomic mass is 35.5. The summed E-state index contributed by atoms with van der Waals surface area (Å²) in [7, 11) is -3.98. The third-order valence-electron chi connectivity index (χ3n) is 4.24. The first-order chi connectivity index (χ1) is 12.9. The van der Waals surface area contributed by atoms with Crippen LogP contribution in [-0.4, -0.2) is 32.8 Å². The van der Waals surface area contributed by atoms with E-state index in [2.05, 4.69) is 5.32 Å². The second-order valence-electron chi connectivity index (χ2n) is 7.09. The van der Waals surface area contributed by atoms with Gasteiger partial charge in [-0.15, -0.1) is 0 Å². The van der Waals surface area contributed by atoms with Crippen LogP contribution < -0.4 is 15.2 Å². The van der Waals surface area contributed by atoms with E-state index in [1.54, 1.807) is 26.0 Å². The van der Waals surface area contributed by atoms with Crippen molar-refractivity contribution in [2.75, 3.05) is 13.2 Å². The van der Waals surface area contributed by atoms with Crippen LogP contribution in [0.15, 0.2) is 41.3 Å². The molecule has 0 spiro atoms. The number of nitrogens with two attached hydrogens (primary N) is 1. The second kappa shape index (κ2) is 8.75. The van der Waals surface area contributed by atoms with Crippen LogP contribution in [0.3, 0.4) is 0 Å². The number of benzene rings is 2. The minimum Gasteiger partial charge on any atom is -0.489 e. The van der Waals surface area contributed by atoms with E-state index in [0.29, 0.717) is 10.8 Å². The van der Waals surface area contributed by atoms with Crippen LogP contribution in [0.1, 0.15) is 25.0 Å². The zero-order chi connectivity index (χ0) is 21.1. The summed E-state index contributed by atoms with van der Waals surface area (Å²) >= 11 is 6.06. The van der Waals surface area contributed by atoms with Gasteiger partial charge < -0.3 is 15.2 Å².